The lowest BCUT2D eigenvalue weighted by molar-refractivity contribution is -0.188. The Kier molecular flexibility index (Phi) is 3.40. The molecule has 2 saturated heterocycles. The molecule has 2 fully saturated rings. The van der Waals surface area contributed by atoms with Gasteiger partial charge in [-0.2, -0.15) is 0 Å². The van der Waals surface area contributed by atoms with E-state index in [0.717, 1.165) is 0 Å². The zero-order chi connectivity index (χ0) is 12.6. The summed E-state index contributed by atoms with van der Waals surface area (Å²) < 4.78 is 21.8. The van der Waals surface area contributed by atoms with Gasteiger partial charge in [-0.05, 0) is 13.8 Å². The molecule has 2 heterocycles. The Labute approximate surface area is 100 Å². The topological polar surface area (TPSA) is 80.0 Å². The highest BCUT2D eigenvalue weighted by Crippen LogP contribution is 2.39. The second kappa shape index (κ2) is 4.53. The Morgan fingerprint density at radius 2 is 1.88 bits per heavy atom. The molecule has 6 heteroatoms. The van der Waals surface area contributed by atoms with Crippen LogP contribution in [0.25, 0.3) is 0 Å². The molecule has 2 aliphatic rings. The van der Waals surface area contributed by atoms with E-state index in [2.05, 4.69) is 4.74 Å². The van der Waals surface area contributed by atoms with Crippen LogP contribution >= 0.6 is 0 Å². The van der Waals surface area contributed by atoms with E-state index in [1.165, 1.54) is 7.11 Å². The van der Waals surface area contributed by atoms with Crippen LogP contribution in [-0.4, -0.2) is 49.8 Å². The van der Waals surface area contributed by atoms with Crippen LogP contribution in [0.5, 0.6) is 0 Å². The molecule has 4 atom stereocenters. The highest BCUT2D eigenvalue weighted by atomic mass is 16.8. The minimum atomic E-state index is -0.652. The van der Waals surface area contributed by atoms with Gasteiger partial charge in [0.25, 0.3) is 0 Å². The predicted molar refractivity (Wildman–Crippen MR) is 58.2 cm³/mol. The van der Waals surface area contributed by atoms with E-state index in [0.29, 0.717) is 6.54 Å². The maximum atomic E-state index is 11.3. The molecule has 0 aromatic heterocycles. The van der Waals surface area contributed by atoms with Gasteiger partial charge in [0.2, 0.25) is 0 Å². The first-order valence-corrected chi connectivity index (χ1v) is 5.75. The summed E-state index contributed by atoms with van der Waals surface area (Å²) in [6.45, 7) is 4.03. The lowest BCUT2D eigenvalue weighted by Gasteiger charge is -2.23. The van der Waals surface area contributed by atoms with E-state index in [1.54, 1.807) is 0 Å². The predicted octanol–water partition coefficient (Wildman–Crippen LogP) is -0.204. The van der Waals surface area contributed by atoms with E-state index < -0.39 is 5.79 Å². The number of hydrogen-bond donors (Lipinski definition) is 1. The summed E-state index contributed by atoms with van der Waals surface area (Å²) in [7, 11) is 1.35. The number of fused-ring (bicyclic) bond motifs is 1. The van der Waals surface area contributed by atoms with Gasteiger partial charge in [-0.15, -0.1) is 0 Å². The standard InChI is InChI=1S/C11H19NO5/c1-11(2)16-9-6(4-8(13)14-3)15-7(5-12)10(9)17-11/h6-7,9-10H,4-5,12H2,1-3H3/t6?,7-,9?,10?/m1/s1. The average molecular weight is 245 g/mol. The molecule has 17 heavy (non-hydrogen) atoms. The molecule has 2 aliphatic heterocycles. The molecular weight excluding hydrogens is 226 g/mol. The van der Waals surface area contributed by atoms with Crippen molar-refractivity contribution >= 4 is 5.97 Å². The van der Waals surface area contributed by atoms with Crippen molar-refractivity contribution in [1.29, 1.82) is 0 Å². The van der Waals surface area contributed by atoms with E-state index in [1.807, 2.05) is 13.8 Å². The van der Waals surface area contributed by atoms with Crippen LogP contribution in [0.15, 0.2) is 0 Å². The summed E-state index contributed by atoms with van der Waals surface area (Å²) in [5.74, 6) is -0.972. The molecule has 2 rings (SSSR count). The second-order valence-electron chi connectivity index (χ2n) is 4.79. The van der Waals surface area contributed by atoms with Crippen molar-refractivity contribution in [1.82, 2.24) is 0 Å². The van der Waals surface area contributed by atoms with Crippen molar-refractivity contribution in [3.63, 3.8) is 0 Å². The summed E-state index contributed by atoms with van der Waals surface area (Å²) in [5, 5.41) is 0. The Hall–Kier alpha value is -0.690. The van der Waals surface area contributed by atoms with Crippen LogP contribution in [0.2, 0.25) is 0 Å². The van der Waals surface area contributed by atoms with Gasteiger partial charge in [0, 0.05) is 6.54 Å². The SMILES string of the molecule is COC(=O)CC1O[C@H](CN)C2OC(C)(C)OC12. The Balaban J connectivity index is 2.07. The number of methoxy groups -OCH3 is 1. The van der Waals surface area contributed by atoms with E-state index in [4.69, 9.17) is 19.9 Å². The molecule has 0 aromatic carbocycles. The van der Waals surface area contributed by atoms with Gasteiger partial charge in [0.15, 0.2) is 5.79 Å². The number of esters is 1. The van der Waals surface area contributed by atoms with Gasteiger partial charge in [-0.3, -0.25) is 4.79 Å². The third-order valence-corrected chi connectivity index (χ3v) is 3.07. The largest absolute Gasteiger partial charge is 0.469 e. The van der Waals surface area contributed by atoms with Crippen LogP contribution in [0, 0.1) is 0 Å². The summed E-state index contributed by atoms with van der Waals surface area (Å²) in [6, 6.07) is 0. The molecule has 6 nitrogen and oxygen atoms in total. The molecule has 2 N–H and O–H groups in total. The lowest BCUT2D eigenvalue weighted by Crippen LogP contribution is -2.34. The zero-order valence-corrected chi connectivity index (χ0v) is 10.3. The van der Waals surface area contributed by atoms with Gasteiger partial charge < -0.3 is 24.7 Å². The van der Waals surface area contributed by atoms with E-state index >= 15 is 0 Å². The average Bonchev–Trinajstić information content (AvgIpc) is 2.73. The zero-order valence-electron chi connectivity index (χ0n) is 10.3. The van der Waals surface area contributed by atoms with Crippen LogP contribution < -0.4 is 5.73 Å². The van der Waals surface area contributed by atoms with Gasteiger partial charge in [-0.1, -0.05) is 0 Å². The van der Waals surface area contributed by atoms with Crippen LogP contribution in [-0.2, 0) is 23.7 Å². The molecule has 98 valence electrons. The molecule has 0 aliphatic carbocycles. The molecule has 0 bridgehead atoms. The normalized spacial score (nSPS) is 39.1. The van der Waals surface area contributed by atoms with Crippen molar-refractivity contribution < 1.29 is 23.7 Å². The fraction of sp³-hybridized carbons (Fsp3) is 0.909. The first-order chi connectivity index (χ1) is 7.96. The molecule has 0 radical (unpaired) electrons. The number of ether oxygens (including phenoxy) is 4. The molecule has 0 saturated carbocycles. The van der Waals surface area contributed by atoms with Crippen molar-refractivity contribution in [3.8, 4) is 0 Å². The van der Waals surface area contributed by atoms with E-state index in [-0.39, 0.29) is 36.8 Å². The molecular formula is C11H19NO5. The number of nitrogens with two attached hydrogens (primary N) is 1. The fourth-order valence-corrected chi connectivity index (χ4v) is 2.37. The summed E-state index contributed by atoms with van der Waals surface area (Å²) in [4.78, 5) is 11.3. The van der Waals surface area contributed by atoms with Gasteiger partial charge in [-0.25, -0.2) is 0 Å². The van der Waals surface area contributed by atoms with Crippen molar-refractivity contribution in [2.75, 3.05) is 13.7 Å². The monoisotopic (exact) mass is 245 g/mol. The third-order valence-electron chi connectivity index (χ3n) is 3.07. The minimum Gasteiger partial charge on any atom is -0.469 e. The summed E-state index contributed by atoms with van der Waals surface area (Å²) in [6.07, 6.45) is -0.866. The Morgan fingerprint density at radius 3 is 2.41 bits per heavy atom. The number of carbonyl (C=O) groups excluding carboxylic acids is 1. The molecule has 0 amide bonds. The molecule has 0 spiro atoms. The number of carbonyl (C=O) groups is 1. The maximum Gasteiger partial charge on any atom is 0.308 e. The Morgan fingerprint density at radius 1 is 1.29 bits per heavy atom. The van der Waals surface area contributed by atoms with Gasteiger partial charge in [0.1, 0.15) is 12.2 Å². The van der Waals surface area contributed by atoms with Crippen LogP contribution in [0.3, 0.4) is 0 Å². The third kappa shape index (κ3) is 2.44. The minimum absolute atomic E-state index is 0.160. The quantitative estimate of drug-likeness (QED) is 0.693. The van der Waals surface area contributed by atoms with Crippen LogP contribution in [0.1, 0.15) is 20.3 Å². The molecule has 3 unspecified atom stereocenters. The molecule has 0 aromatic rings. The summed E-state index contributed by atoms with van der Waals surface area (Å²) >= 11 is 0. The van der Waals surface area contributed by atoms with E-state index in [9.17, 15) is 4.79 Å². The first-order valence-electron chi connectivity index (χ1n) is 5.75. The van der Waals surface area contributed by atoms with Crippen molar-refractivity contribution in [2.24, 2.45) is 5.73 Å². The van der Waals surface area contributed by atoms with Crippen LogP contribution in [0.4, 0.5) is 0 Å². The van der Waals surface area contributed by atoms with Gasteiger partial charge in [0.05, 0.1) is 25.7 Å². The lowest BCUT2D eigenvalue weighted by atomic mass is 10.1. The number of hydrogen-bond acceptors (Lipinski definition) is 6. The highest BCUT2D eigenvalue weighted by molar-refractivity contribution is 5.70. The van der Waals surface area contributed by atoms with Crippen molar-refractivity contribution in [2.45, 2.75) is 50.5 Å². The van der Waals surface area contributed by atoms with Crippen molar-refractivity contribution in [3.05, 3.63) is 0 Å². The fourth-order valence-electron chi connectivity index (χ4n) is 2.37. The number of rotatable bonds is 3. The summed E-state index contributed by atoms with van der Waals surface area (Å²) in [5.41, 5.74) is 5.63. The maximum absolute atomic E-state index is 11.3. The second-order valence-corrected chi connectivity index (χ2v) is 4.79. The smallest absolute Gasteiger partial charge is 0.308 e. The Bertz CT molecular complexity index is 306. The highest BCUT2D eigenvalue weighted by Gasteiger charge is 2.54. The first kappa shape index (κ1) is 12.8. The van der Waals surface area contributed by atoms with Gasteiger partial charge >= 0.3 is 5.97 Å².